The van der Waals surface area contributed by atoms with Crippen LogP contribution in [0.15, 0.2) is 59.0 Å². The molecule has 0 radical (unpaired) electrons. The van der Waals surface area contributed by atoms with Crippen LogP contribution in [0.4, 0.5) is 11.5 Å². The SMILES string of the molecule is CCN(CC)Cc1ccc(NC(=S)NC2=C(C)N=C(N(C)c3ccc(C)cc3)C3CC23)nc1.[HH]. The Labute approximate surface area is 204 Å². The minimum absolute atomic E-state index is 0. The van der Waals surface area contributed by atoms with Crippen LogP contribution < -0.4 is 15.5 Å². The number of hydrogen-bond acceptors (Lipinski definition) is 5. The van der Waals surface area contributed by atoms with E-state index in [0.717, 1.165) is 49.1 Å². The number of rotatable bonds is 7. The lowest BCUT2D eigenvalue weighted by molar-refractivity contribution is 0.295. The van der Waals surface area contributed by atoms with Crippen LogP contribution in [0.2, 0.25) is 0 Å². The first-order chi connectivity index (χ1) is 15.9. The van der Waals surface area contributed by atoms with Gasteiger partial charge in [-0.15, -0.1) is 0 Å². The van der Waals surface area contributed by atoms with Crippen molar-refractivity contribution in [3.8, 4) is 0 Å². The lowest BCUT2D eigenvalue weighted by Gasteiger charge is -2.26. The predicted octanol–water partition coefficient (Wildman–Crippen LogP) is 5.18. The van der Waals surface area contributed by atoms with Crippen LogP contribution in [-0.4, -0.2) is 41.0 Å². The van der Waals surface area contributed by atoms with Crippen LogP contribution in [0.25, 0.3) is 0 Å². The molecular weight excluding hydrogens is 428 g/mol. The fourth-order valence-electron chi connectivity index (χ4n) is 4.36. The number of fused-ring (bicyclic) bond motifs is 1. The highest BCUT2D eigenvalue weighted by molar-refractivity contribution is 7.80. The van der Waals surface area contributed by atoms with E-state index in [0.29, 0.717) is 16.9 Å². The summed E-state index contributed by atoms with van der Waals surface area (Å²) in [5.41, 5.74) is 5.75. The van der Waals surface area contributed by atoms with Gasteiger partial charge in [-0.25, -0.2) is 9.98 Å². The van der Waals surface area contributed by atoms with Crippen molar-refractivity contribution < 1.29 is 1.43 Å². The average molecular weight is 465 g/mol. The molecule has 1 aliphatic carbocycles. The summed E-state index contributed by atoms with van der Waals surface area (Å²) in [7, 11) is 2.10. The number of allylic oxidation sites excluding steroid dienone is 2. The monoisotopic (exact) mass is 464 g/mol. The molecule has 1 fully saturated rings. The van der Waals surface area contributed by atoms with E-state index < -0.39 is 0 Å². The van der Waals surface area contributed by atoms with Gasteiger partial charge in [0.05, 0.1) is 5.70 Å². The summed E-state index contributed by atoms with van der Waals surface area (Å²) in [6, 6.07) is 12.7. The minimum atomic E-state index is 0. The zero-order valence-corrected chi connectivity index (χ0v) is 21.0. The zero-order chi connectivity index (χ0) is 23.5. The summed E-state index contributed by atoms with van der Waals surface area (Å²) in [5.74, 6) is 2.76. The molecule has 33 heavy (non-hydrogen) atoms. The normalized spacial score (nSPS) is 19.2. The van der Waals surface area contributed by atoms with E-state index in [1.807, 2.05) is 12.3 Å². The lowest BCUT2D eigenvalue weighted by atomic mass is 10.1. The molecule has 0 saturated heterocycles. The van der Waals surface area contributed by atoms with Crippen molar-refractivity contribution in [1.82, 2.24) is 15.2 Å². The van der Waals surface area contributed by atoms with Crippen LogP contribution in [0.1, 0.15) is 39.7 Å². The summed E-state index contributed by atoms with van der Waals surface area (Å²) in [4.78, 5) is 14.1. The number of aliphatic imine (C=N–C) groups is 1. The number of amidine groups is 1. The predicted molar refractivity (Wildman–Crippen MR) is 144 cm³/mol. The average Bonchev–Trinajstić information content (AvgIpc) is 3.61. The molecule has 7 heteroatoms. The van der Waals surface area contributed by atoms with Gasteiger partial charge in [-0.3, -0.25) is 4.90 Å². The smallest absolute Gasteiger partial charge is 0.176 e. The number of aromatic nitrogens is 1. The third-order valence-electron chi connectivity index (χ3n) is 6.54. The number of nitrogens with zero attached hydrogens (tertiary/aromatic N) is 4. The molecule has 1 aromatic carbocycles. The Morgan fingerprint density at radius 3 is 2.42 bits per heavy atom. The quantitative estimate of drug-likeness (QED) is 0.551. The van der Waals surface area contributed by atoms with Gasteiger partial charge in [0.2, 0.25) is 0 Å². The fraction of sp³-hybridized carbons (Fsp3) is 0.423. The molecule has 2 N–H and O–H groups in total. The molecule has 0 spiro atoms. The number of benzene rings is 1. The Kier molecular flexibility index (Phi) is 7.10. The second-order valence-corrected chi connectivity index (χ2v) is 9.31. The van der Waals surface area contributed by atoms with Crippen molar-refractivity contribution in [3.05, 3.63) is 65.1 Å². The Balaban J connectivity index is 0.00000324. The number of pyridine rings is 1. The van der Waals surface area contributed by atoms with Crippen molar-refractivity contribution >= 4 is 34.7 Å². The topological polar surface area (TPSA) is 55.8 Å². The molecule has 1 aromatic heterocycles. The molecule has 2 heterocycles. The van der Waals surface area contributed by atoms with Crippen molar-refractivity contribution in [2.45, 2.75) is 40.7 Å². The van der Waals surface area contributed by atoms with Gasteiger partial charge in [-0.2, -0.15) is 0 Å². The standard InChI is InChI=1S/C26H34N6S.H2/c1-6-32(7-2)16-19-10-13-23(27-15-19)29-26(33)30-24-18(4)28-25(22-14-21(22)24)31(5)20-11-8-17(3)9-12-20;/h8-13,15,21-22H,6-7,14,16H2,1-5H3,(H2,27,29,30,33);1H. The first-order valence-electron chi connectivity index (χ1n) is 11.7. The number of nitrogens with one attached hydrogen (secondary N) is 2. The molecule has 2 atom stereocenters. The molecule has 0 bridgehead atoms. The summed E-state index contributed by atoms with van der Waals surface area (Å²) < 4.78 is 0. The van der Waals surface area contributed by atoms with Crippen molar-refractivity contribution in [2.24, 2.45) is 16.8 Å². The second-order valence-electron chi connectivity index (χ2n) is 8.90. The first kappa shape index (κ1) is 23.4. The third-order valence-corrected chi connectivity index (χ3v) is 6.75. The first-order valence-corrected chi connectivity index (χ1v) is 12.2. The maximum absolute atomic E-state index is 5.59. The molecule has 2 aliphatic rings. The highest BCUT2D eigenvalue weighted by Crippen LogP contribution is 2.49. The molecule has 4 rings (SSSR count). The van der Waals surface area contributed by atoms with Crippen molar-refractivity contribution in [3.63, 3.8) is 0 Å². The van der Waals surface area contributed by atoms with Crippen molar-refractivity contribution in [2.75, 3.05) is 30.4 Å². The fourth-order valence-corrected chi connectivity index (χ4v) is 4.57. The molecule has 2 unspecified atom stereocenters. The molecule has 1 saturated carbocycles. The largest absolute Gasteiger partial charge is 0.334 e. The number of thiocarbonyl (C=S) groups is 1. The van der Waals surface area contributed by atoms with Crippen LogP contribution in [0, 0.1) is 18.8 Å². The summed E-state index contributed by atoms with van der Waals surface area (Å²) in [6.07, 6.45) is 3.01. The van der Waals surface area contributed by atoms with E-state index in [2.05, 4.69) is 90.5 Å². The lowest BCUT2D eigenvalue weighted by Crippen LogP contribution is -2.35. The minimum Gasteiger partial charge on any atom is -0.334 e. The Hall–Kier alpha value is -2.77. The van der Waals surface area contributed by atoms with Gasteiger partial charge in [0.25, 0.3) is 0 Å². The highest BCUT2D eigenvalue weighted by Gasteiger charge is 2.48. The third kappa shape index (κ3) is 5.42. The van der Waals surface area contributed by atoms with Crippen LogP contribution in [0.3, 0.4) is 0 Å². The summed E-state index contributed by atoms with van der Waals surface area (Å²) in [6.45, 7) is 11.5. The summed E-state index contributed by atoms with van der Waals surface area (Å²) in [5, 5.41) is 7.19. The van der Waals surface area contributed by atoms with Crippen molar-refractivity contribution in [1.29, 1.82) is 0 Å². The van der Waals surface area contributed by atoms with Gasteiger partial charge in [0.1, 0.15) is 11.7 Å². The Bertz CT molecular complexity index is 1060. The molecule has 6 nitrogen and oxygen atoms in total. The van der Waals surface area contributed by atoms with E-state index in [4.69, 9.17) is 17.2 Å². The van der Waals surface area contributed by atoms with E-state index in [9.17, 15) is 0 Å². The number of hydrogen-bond donors (Lipinski definition) is 2. The van der Waals surface area contributed by atoms with Gasteiger partial charge in [-0.1, -0.05) is 37.6 Å². The maximum Gasteiger partial charge on any atom is 0.176 e. The van der Waals surface area contributed by atoms with E-state index in [1.165, 1.54) is 16.8 Å². The van der Waals surface area contributed by atoms with Gasteiger partial charge < -0.3 is 15.5 Å². The molecule has 2 aromatic rings. The Morgan fingerprint density at radius 2 is 1.79 bits per heavy atom. The van der Waals surface area contributed by atoms with E-state index >= 15 is 0 Å². The van der Waals surface area contributed by atoms with Gasteiger partial charge >= 0.3 is 0 Å². The highest BCUT2D eigenvalue weighted by atomic mass is 32.1. The molecule has 176 valence electrons. The Morgan fingerprint density at radius 1 is 1.06 bits per heavy atom. The van der Waals surface area contributed by atoms with Gasteiger partial charge in [0.15, 0.2) is 5.11 Å². The second kappa shape index (κ2) is 10.0. The van der Waals surface area contributed by atoms with Crippen LogP contribution >= 0.6 is 12.2 Å². The number of anilines is 2. The van der Waals surface area contributed by atoms with Crippen LogP contribution in [0.5, 0.6) is 0 Å². The van der Waals surface area contributed by atoms with Gasteiger partial charge in [0, 0.05) is 44.4 Å². The summed E-state index contributed by atoms with van der Waals surface area (Å²) >= 11 is 5.59. The molecule has 1 aliphatic heterocycles. The van der Waals surface area contributed by atoms with E-state index in [-0.39, 0.29) is 1.43 Å². The van der Waals surface area contributed by atoms with Gasteiger partial charge in [-0.05, 0) is 69.3 Å². The van der Waals surface area contributed by atoms with E-state index in [1.54, 1.807) is 0 Å². The number of aryl methyl sites for hydroxylation is 1. The maximum atomic E-state index is 5.59. The zero-order valence-electron chi connectivity index (χ0n) is 20.2. The van der Waals surface area contributed by atoms with Crippen LogP contribution in [-0.2, 0) is 6.54 Å². The molecule has 0 amide bonds. The molecular formula is C26H36N6S.